The Balaban J connectivity index is 1.74. The highest BCUT2D eigenvalue weighted by Gasteiger charge is 2.12. The highest BCUT2D eigenvalue weighted by atomic mass is 35.5. The molecule has 5 nitrogen and oxygen atoms in total. The number of rotatable bonds is 6. The fourth-order valence-corrected chi connectivity index (χ4v) is 2.97. The summed E-state index contributed by atoms with van der Waals surface area (Å²) < 4.78 is 6.96. The van der Waals surface area contributed by atoms with E-state index in [2.05, 4.69) is 10.4 Å². The van der Waals surface area contributed by atoms with Gasteiger partial charge in [-0.25, -0.2) is 4.68 Å². The van der Waals surface area contributed by atoms with Crippen LogP contribution in [0.4, 0.5) is 5.69 Å². The van der Waals surface area contributed by atoms with Crippen LogP contribution in [0, 0.1) is 6.92 Å². The van der Waals surface area contributed by atoms with Gasteiger partial charge in [0.25, 0.3) is 0 Å². The SMILES string of the molecule is COc1cccc(Cn2nc(C)c(/C=C/C(=O)Nc3ccccc3)c2Cl)c1. The van der Waals surface area contributed by atoms with Crippen LogP contribution in [0.2, 0.25) is 5.15 Å². The number of nitrogens with one attached hydrogen (secondary N) is 1. The number of para-hydroxylation sites is 1. The first-order valence-corrected chi connectivity index (χ1v) is 8.84. The second kappa shape index (κ2) is 8.56. The van der Waals surface area contributed by atoms with Crippen LogP contribution in [0.25, 0.3) is 6.08 Å². The predicted octanol–water partition coefficient (Wildman–Crippen LogP) is 4.55. The molecule has 0 aliphatic heterocycles. The Morgan fingerprint density at radius 3 is 2.74 bits per heavy atom. The fourth-order valence-electron chi connectivity index (χ4n) is 2.67. The molecule has 0 saturated carbocycles. The number of nitrogens with zero attached hydrogens (tertiary/aromatic N) is 2. The Morgan fingerprint density at radius 2 is 2.00 bits per heavy atom. The number of carbonyl (C=O) groups excluding carboxylic acids is 1. The van der Waals surface area contributed by atoms with Gasteiger partial charge in [0.2, 0.25) is 5.91 Å². The van der Waals surface area contributed by atoms with Crippen molar-refractivity contribution in [2.45, 2.75) is 13.5 Å². The maximum atomic E-state index is 12.1. The second-order valence-electron chi connectivity index (χ2n) is 5.99. The van der Waals surface area contributed by atoms with Gasteiger partial charge in [0.1, 0.15) is 10.9 Å². The average molecular weight is 382 g/mol. The van der Waals surface area contributed by atoms with E-state index < -0.39 is 0 Å². The van der Waals surface area contributed by atoms with E-state index in [0.29, 0.717) is 11.7 Å². The molecule has 3 rings (SSSR count). The molecule has 0 aliphatic rings. The average Bonchev–Trinajstić information content (AvgIpc) is 2.94. The zero-order chi connectivity index (χ0) is 19.2. The third-order valence-corrected chi connectivity index (χ3v) is 4.42. The maximum absolute atomic E-state index is 12.1. The molecule has 6 heteroatoms. The number of carbonyl (C=O) groups is 1. The van der Waals surface area contributed by atoms with Gasteiger partial charge in [-0.2, -0.15) is 5.10 Å². The number of ether oxygens (including phenoxy) is 1. The van der Waals surface area contributed by atoms with Crippen LogP contribution < -0.4 is 10.1 Å². The van der Waals surface area contributed by atoms with Crippen molar-refractivity contribution in [3.8, 4) is 5.75 Å². The Kier molecular flexibility index (Phi) is 5.94. The second-order valence-corrected chi connectivity index (χ2v) is 6.35. The van der Waals surface area contributed by atoms with Crippen LogP contribution in [-0.4, -0.2) is 22.8 Å². The van der Waals surface area contributed by atoms with Crippen molar-refractivity contribution in [2.75, 3.05) is 12.4 Å². The van der Waals surface area contributed by atoms with E-state index in [9.17, 15) is 4.79 Å². The summed E-state index contributed by atoms with van der Waals surface area (Å²) in [4.78, 5) is 12.1. The van der Waals surface area contributed by atoms with Crippen molar-refractivity contribution in [1.82, 2.24) is 9.78 Å². The van der Waals surface area contributed by atoms with E-state index in [-0.39, 0.29) is 5.91 Å². The summed E-state index contributed by atoms with van der Waals surface area (Å²) in [5.74, 6) is 0.558. The van der Waals surface area contributed by atoms with Crippen LogP contribution in [-0.2, 0) is 11.3 Å². The lowest BCUT2D eigenvalue weighted by atomic mass is 10.2. The van der Waals surface area contributed by atoms with Gasteiger partial charge in [0, 0.05) is 17.3 Å². The van der Waals surface area contributed by atoms with E-state index in [0.717, 1.165) is 28.3 Å². The van der Waals surface area contributed by atoms with E-state index in [4.69, 9.17) is 16.3 Å². The lowest BCUT2D eigenvalue weighted by Crippen LogP contribution is -2.07. The first-order chi connectivity index (χ1) is 13.1. The number of benzene rings is 2. The molecule has 3 aromatic rings. The summed E-state index contributed by atoms with van der Waals surface area (Å²) in [6, 6.07) is 17.0. The van der Waals surface area contributed by atoms with Crippen molar-refractivity contribution in [3.05, 3.63) is 82.6 Å². The van der Waals surface area contributed by atoms with Crippen molar-refractivity contribution in [1.29, 1.82) is 0 Å². The summed E-state index contributed by atoms with van der Waals surface area (Å²) in [6.07, 6.45) is 3.14. The number of hydrogen-bond donors (Lipinski definition) is 1. The third-order valence-electron chi connectivity index (χ3n) is 4.02. The molecule has 1 aromatic heterocycles. The van der Waals surface area contributed by atoms with Gasteiger partial charge in [-0.05, 0) is 42.8 Å². The third kappa shape index (κ3) is 4.77. The first-order valence-electron chi connectivity index (χ1n) is 8.47. The van der Waals surface area contributed by atoms with E-state index in [1.54, 1.807) is 17.9 Å². The van der Waals surface area contributed by atoms with Crippen LogP contribution in [0.3, 0.4) is 0 Å². The Morgan fingerprint density at radius 1 is 1.22 bits per heavy atom. The lowest BCUT2D eigenvalue weighted by Gasteiger charge is -2.06. The molecule has 1 heterocycles. The number of aromatic nitrogens is 2. The molecule has 27 heavy (non-hydrogen) atoms. The molecule has 0 saturated heterocycles. The number of methoxy groups -OCH3 is 1. The molecule has 2 aromatic carbocycles. The lowest BCUT2D eigenvalue weighted by molar-refractivity contribution is -0.111. The van der Waals surface area contributed by atoms with Crippen molar-refractivity contribution in [3.63, 3.8) is 0 Å². The molecule has 1 amide bonds. The minimum absolute atomic E-state index is 0.225. The fraction of sp³-hybridized carbons (Fsp3) is 0.143. The molecule has 1 N–H and O–H groups in total. The monoisotopic (exact) mass is 381 g/mol. The molecular formula is C21H20ClN3O2. The Hall–Kier alpha value is -3.05. The number of anilines is 1. The molecule has 0 bridgehead atoms. The van der Waals surface area contributed by atoms with Crippen molar-refractivity contribution in [2.24, 2.45) is 0 Å². The van der Waals surface area contributed by atoms with E-state index >= 15 is 0 Å². The number of hydrogen-bond acceptors (Lipinski definition) is 3. The van der Waals surface area contributed by atoms with Gasteiger partial charge in [0.15, 0.2) is 0 Å². The van der Waals surface area contributed by atoms with Gasteiger partial charge < -0.3 is 10.1 Å². The van der Waals surface area contributed by atoms with Crippen LogP contribution in [0.15, 0.2) is 60.7 Å². The summed E-state index contributed by atoms with van der Waals surface area (Å²) in [6.45, 7) is 2.38. The minimum Gasteiger partial charge on any atom is -0.497 e. The van der Waals surface area contributed by atoms with Crippen LogP contribution >= 0.6 is 11.6 Å². The number of amides is 1. The summed E-state index contributed by atoms with van der Waals surface area (Å²) in [7, 11) is 1.63. The molecular weight excluding hydrogens is 362 g/mol. The Labute approximate surface area is 163 Å². The maximum Gasteiger partial charge on any atom is 0.248 e. The van der Waals surface area contributed by atoms with Crippen LogP contribution in [0.5, 0.6) is 5.75 Å². The normalized spacial score (nSPS) is 10.9. The molecule has 0 aliphatic carbocycles. The van der Waals surface area contributed by atoms with Gasteiger partial charge in [-0.15, -0.1) is 0 Å². The van der Waals surface area contributed by atoms with E-state index in [1.807, 2.05) is 61.5 Å². The predicted molar refractivity (Wildman–Crippen MR) is 108 cm³/mol. The van der Waals surface area contributed by atoms with Gasteiger partial charge in [-0.1, -0.05) is 41.9 Å². The molecule has 0 fully saturated rings. The zero-order valence-electron chi connectivity index (χ0n) is 15.1. The smallest absolute Gasteiger partial charge is 0.248 e. The molecule has 0 unspecified atom stereocenters. The van der Waals surface area contributed by atoms with Crippen molar-refractivity contribution < 1.29 is 9.53 Å². The van der Waals surface area contributed by atoms with Gasteiger partial charge >= 0.3 is 0 Å². The van der Waals surface area contributed by atoms with Gasteiger partial charge in [0.05, 0.1) is 19.3 Å². The largest absolute Gasteiger partial charge is 0.497 e. The minimum atomic E-state index is -0.225. The van der Waals surface area contributed by atoms with Crippen molar-refractivity contribution >= 4 is 29.3 Å². The quantitative estimate of drug-likeness (QED) is 0.637. The highest BCUT2D eigenvalue weighted by molar-refractivity contribution is 6.31. The first kappa shape index (κ1) is 18.7. The van der Waals surface area contributed by atoms with Gasteiger partial charge in [-0.3, -0.25) is 4.79 Å². The molecule has 0 atom stereocenters. The topological polar surface area (TPSA) is 56.2 Å². The molecule has 0 spiro atoms. The van der Waals surface area contributed by atoms with E-state index in [1.165, 1.54) is 6.08 Å². The molecule has 138 valence electrons. The highest BCUT2D eigenvalue weighted by Crippen LogP contribution is 2.23. The zero-order valence-corrected chi connectivity index (χ0v) is 15.9. The number of halogens is 1. The Bertz CT molecular complexity index is 965. The van der Waals surface area contributed by atoms with Crippen LogP contribution in [0.1, 0.15) is 16.8 Å². The summed E-state index contributed by atoms with van der Waals surface area (Å²) in [5, 5.41) is 7.77. The molecule has 0 radical (unpaired) electrons. The summed E-state index contributed by atoms with van der Waals surface area (Å²) in [5.41, 5.74) is 3.24. The standard InChI is InChI=1S/C21H20ClN3O2/c1-15-19(11-12-20(26)23-17-8-4-3-5-9-17)21(22)25(24-15)14-16-7-6-10-18(13-16)27-2/h3-13H,14H2,1-2H3,(H,23,26)/b12-11+. The summed E-state index contributed by atoms with van der Waals surface area (Å²) >= 11 is 6.48. The number of aryl methyl sites for hydroxylation is 1.